The van der Waals surface area contributed by atoms with Crippen molar-refractivity contribution < 1.29 is 14.3 Å². The fraction of sp³-hybridized carbons (Fsp3) is 0.429. The number of ether oxygens (including phenoxy) is 1. The fourth-order valence-electron chi connectivity index (χ4n) is 2.16. The van der Waals surface area contributed by atoms with E-state index < -0.39 is 11.8 Å². The Morgan fingerprint density at radius 1 is 1.42 bits per heavy atom. The first-order valence-corrected chi connectivity index (χ1v) is 6.34. The molecule has 1 heterocycles. The highest BCUT2D eigenvalue weighted by molar-refractivity contribution is 6.01. The van der Waals surface area contributed by atoms with E-state index in [4.69, 9.17) is 10.5 Å². The summed E-state index contributed by atoms with van der Waals surface area (Å²) in [5.74, 6) is -0.294. The maximum atomic E-state index is 12.0. The maximum absolute atomic E-state index is 12.0. The van der Waals surface area contributed by atoms with Crippen LogP contribution in [0.15, 0.2) is 24.3 Å². The number of amides is 2. The van der Waals surface area contributed by atoms with Crippen molar-refractivity contribution in [2.75, 3.05) is 11.4 Å². The molecule has 0 bridgehead atoms. The van der Waals surface area contributed by atoms with Gasteiger partial charge in [-0.25, -0.2) is 0 Å². The molecule has 0 spiro atoms. The molecule has 5 heteroatoms. The first-order valence-electron chi connectivity index (χ1n) is 6.34. The number of para-hydroxylation sites is 2. The van der Waals surface area contributed by atoms with Gasteiger partial charge in [0.2, 0.25) is 11.8 Å². The second kappa shape index (κ2) is 5.30. The number of primary amides is 1. The minimum atomic E-state index is -0.432. The van der Waals surface area contributed by atoms with Crippen LogP contribution in [-0.2, 0) is 9.59 Å². The van der Waals surface area contributed by atoms with E-state index in [-0.39, 0.29) is 18.4 Å². The minimum Gasteiger partial charge on any atom is -0.489 e. The van der Waals surface area contributed by atoms with Crippen LogP contribution in [0.3, 0.4) is 0 Å². The molecule has 1 fully saturated rings. The fourth-order valence-corrected chi connectivity index (χ4v) is 2.16. The Kier molecular flexibility index (Phi) is 3.74. The van der Waals surface area contributed by atoms with Crippen molar-refractivity contribution in [2.24, 2.45) is 11.7 Å². The summed E-state index contributed by atoms with van der Waals surface area (Å²) < 4.78 is 5.69. The van der Waals surface area contributed by atoms with Crippen LogP contribution in [0.1, 0.15) is 20.3 Å². The molecule has 0 aromatic heterocycles. The molecule has 1 aromatic rings. The van der Waals surface area contributed by atoms with Gasteiger partial charge in [-0.2, -0.15) is 0 Å². The third-order valence-corrected chi connectivity index (χ3v) is 3.05. The first-order chi connectivity index (χ1) is 8.99. The van der Waals surface area contributed by atoms with Crippen molar-refractivity contribution in [1.29, 1.82) is 0 Å². The Morgan fingerprint density at radius 3 is 2.68 bits per heavy atom. The largest absolute Gasteiger partial charge is 0.489 e. The van der Waals surface area contributed by atoms with Gasteiger partial charge in [0.1, 0.15) is 5.75 Å². The van der Waals surface area contributed by atoms with Crippen LogP contribution in [0.4, 0.5) is 5.69 Å². The Bertz CT molecular complexity index is 499. The number of carbonyl (C=O) groups excluding carboxylic acids is 2. The van der Waals surface area contributed by atoms with E-state index in [9.17, 15) is 9.59 Å². The van der Waals surface area contributed by atoms with Crippen LogP contribution in [0, 0.1) is 5.92 Å². The molecule has 2 N–H and O–H groups in total. The third kappa shape index (κ3) is 2.86. The molecule has 5 nitrogen and oxygen atoms in total. The van der Waals surface area contributed by atoms with Crippen molar-refractivity contribution in [3.63, 3.8) is 0 Å². The van der Waals surface area contributed by atoms with Crippen molar-refractivity contribution in [1.82, 2.24) is 0 Å². The zero-order valence-electron chi connectivity index (χ0n) is 11.1. The quantitative estimate of drug-likeness (QED) is 0.889. The number of rotatable bonds is 4. The number of benzene rings is 1. The summed E-state index contributed by atoms with van der Waals surface area (Å²) in [7, 11) is 0. The van der Waals surface area contributed by atoms with E-state index >= 15 is 0 Å². The molecule has 1 saturated heterocycles. The van der Waals surface area contributed by atoms with Gasteiger partial charge >= 0.3 is 0 Å². The van der Waals surface area contributed by atoms with Crippen LogP contribution in [-0.4, -0.2) is 24.5 Å². The van der Waals surface area contributed by atoms with Gasteiger partial charge in [0.15, 0.2) is 0 Å². The van der Waals surface area contributed by atoms with Gasteiger partial charge in [-0.05, 0) is 26.0 Å². The lowest BCUT2D eigenvalue weighted by atomic mass is 10.1. The molecule has 1 aliphatic heterocycles. The maximum Gasteiger partial charge on any atom is 0.227 e. The summed E-state index contributed by atoms with van der Waals surface area (Å²) in [6.45, 7) is 4.18. The molecule has 1 aliphatic rings. The molecule has 0 radical (unpaired) electrons. The molecular weight excluding hydrogens is 244 g/mol. The number of carbonyl (C=O) groups is 2. The Labute approximate surface area is 112 Å². The van der Waals surface area contributed by atoms with Gasteiger partial charge in [-0.15, -0.1) is 0 Å². The monoisotopic (exact) mass is 262 g/mol. The zero-order valence-corrected chi connectivity index (χ0v) is 11.1. The molecule has 1 aromatic carbocycles. The molecule has 19 heavy (non-hydrogen) atoms. The number of anilines is 1. The predicted octanol–water partition coefficient (Wildman–Crippen LogP) is 1.31. The highest BCUT2D eigenvalue weighted by Crippen LogP contribution is 2.33. The average Bonchev–Trinajstić information content (AvgIpc) is 2.71. The predicted molar refractivity (Wildman–Crippen MR) is 71.9 cm³/mol. The first kappa shape index (κ1) is 13.4. The summed E-state index contributed by atoms with van der Waals surface area (Å²) in [6, 6.07) is 7.33. The standard InChI is InChI=1S/C14H18N2O3/c1-9(2)19-12-6-4-3-5-11(12)16-8-10(14(15)18)7-13(16)17/h3-6,9-10H,7-8H2,1-2H3,(H2,15,18). The Morgan fingerprint density at radius 2 is 2.11 bits per heavy atom. The molecule has 2 rings (SSSR count). The van der Waals surface area contributed by atoms with E-state index in [2.05, 4.69) is 0 Å². The van der Waals surface area contributed by atoms with E-state index in [1.807, 2.05) is 38.1 Å². The van der Waals surface area contributed by atoms with Crippen LogP contribution in [0.5, 0.6) is 5.75 Å². The molecule has 2 amide bonds. The topological polar surface area (TPSA) is 72.6 Å². The van der Waals surface area contributed by atoms with Gasteiger partial charge in [-0.1, -0.05) is 12.1 Å². The molecule has 102 valence electrons. The van der Waals surface area contributed by atoms with Crippen LogP contribution in [0.25, 0.3) is 0 Å². The number of hydrogen-bond acceptors (Lipinski definition) is 3. The van der Waals surface area contributed by atoms with Crippen molar-refractivity contribution >= 4 is 17.5 Å². The van der Waals surface area contributed by atoms with E-state index in [0.29, 0.717) is 18.0 Å². The number of hydrogen-bond donors (Lipinski definition) is 1. The second-order valence-corrected chi connectivity index (χ2v) is 4.94. The number of nitrogens with zero attached hydrogens (tertiary/aromatic N) is 1. The summed E-state index contributed by atoms with van der Waals surface area (Å²) in [4.78, 5) is 24.8. The lowest BCUT2D eigenvalue weighted by molar-refractivity contribution is -0.123. The van der Waals surface area contributed by atoms with Crippen molar-refractivity contribution in [3.05, 3.63) is 24.3 Å². The van der Waals surface area contributed by atoms with Crippen LogP contribution in [0.2, 0.25) is 0 Å². The van der Waals surface area contributed by atoms with Crippen LogP contribution >= 0.6 is 0 Å². The third-order valence-electron chi connectivity index (χ3n) is 3.05. The molecular formula is C14H18N2O3. The number of nitrogens with two attached hydrogens (primary N) is 1. The van der Waals surface area contributed by atoms with Gasteiger partial charge < -0.3 is 15.4 Å². The molecule has 0 aliphatic carbocycles. The smallest absolute Gasteiger partial charge is 0.227 e. The average molecular weight is 262 g/mol. The SMILES string of the molecule is CC(C)Oc1ccccc1N1CC(C(N)=O)CC1=O. The van der Waals surface area contributed by atoms with E-state index in [1.165, 1.54) is 0 Å². The summed E-state index contributed by atoms with van der Waals surface area (Å²) >= 11 is 0. The highest BCUT2D eigenvalue weighted by Gasteiger charge is 2.35. The van der Waals surface area contributed by atoms with E-state index in [0.717, 1.165) is 0 Å². The minimum absolute atomic E-state index is 0.0193. The van der Waals surface area contributed by atoms with E-state index in [1.54, 1.807) is 4.90 Å². The van der Waals surface area contributed by atoms with Gasteiger partial charge in [0.25, 0.3) is 0 Å². The zero-order chi connectivity index (χ0) is 14.0. The summed E-state index contributed by atoms with van der Waals surface area (Å²) in [5, 5.41) is 0. The normalized spacial score (nSPS) is 19.0. The summed E-state index contributed by atoms with van der Waals surface area (Å²) in [6.07, 6.45) is 0.191. The lowest BCUT2D eigenvalue weighted by Crippen LogP contribution is -2.28. The van der Waals surface area contributed by atoms with Crippen LogP contribution < -0.4 is 15.4 Å². The molecule has 1 unspecified atom stereocenters. The van der Waals surface area contributed by atoms with Gasteiger partial charge in [0.05, 0.1) is 17.7 Å². The Hall–Kier alpha value is -2.04. The Balaban J connectivity index is 2.27. The summed E-state index contributed by atoms with van der Waals surface area (Å²) in [5.41, 5.74) is 5.97. The second-order valence-electron chi connectivity index (χ2n) is 4.94. The molecule has 0 saturated carbocycles. The molecule has 1 atom stereocenters. The van der Waals surface area contributed by atoms with Gasteiger partial charge in [0, 0.05) is 13.0 Å². The van der Waals surface area contributed by atoms with Crippen molar-refractivity contribution in [3.8, 4) is 5.75 Å². The lowest BCUT2D eigenvalue weighted by Gasteiger charge is -2.21. The van der Waals surface area contributed by atoms with Gasteiger partial charge in [-0.3, -0.25) is 9.59 Å². The van der Waals surface area contributed by atoms with Crippen molar-refractivity contribution in [2.45, 2.75) is 26.4 Å². The highest BCUT2D eigenvalue weighted by atomic mass is 16.5.